The van der Waals surface area contributed by atoms with Gasteiger partial charge in [0.05, 0.1) is 36.0 Å². The third-order valence-electron chi connectivity index (χ3n) is 5.05. The summed E-state index contributed by atoms with van der Waals surface area (Å²) in [6.07, 6.45) is 1.42. The van der Waals surface area contributed by atoms with Crippen molar-refractivity contribution in [2.24, 2.45) is 0 Å². The highest BCUT2D eigenvalue weighted by atomic mass is 35.5. The van der Waals surface area contributed by atoms with Gasteiger partial charge < -0.3 is 9.64 Å². The Balaban J connectivity index is 2.03. The third-order valence-corrected chi connectivity index (χ3v) is 7.32. The van der Waals surface area contributed by atoms with Crippen LogP contribution < -0.4 is 4.31 Å². The fraction of sp³-hybridized carbons (Fsp3) is 0.318. The summed E-state index contributed by atoms with van der Waals surface area (Å²) in [5.74, 6) is -0.795. The molecule has 1 aliphatic heterocycles. The second-order valence-electron chi connectivity index (χ2n) is 7.77. The molecule has 2 aromatic carbocycles. The number of rotatable bonds is 6. The average Bonchev–Trinajstić information content (AvgIpc) is 2.72. The Hall–Kier alpha value is -2.42. The highest BCUT2D eigenvalue weighted by molar-refractivity contribution is 7.93. The number of halogens is 2. The van der Waals surface area contributed by atoms with Gasteiger partial charge in [-0.3, -0.25) is 9.10 Å². The normalized spacial score (nSPS) is 16.1. The predicted molar refractivity (Wildman–Crippen MR) is 119 cm³/mol. The second-order valence-corrected chi connectivity index (χ2v) is 10.0. The maximum Gasteiger partial charge on any atom is 0.266 e. The molecule has 0 saturated carbocycles. The molecule has 9 heteroatoms. The van der Waals surface area contributed by atoms with Crippen LogP contribution in [0.4, 0.5) is 10.1 Å². The molecule has 166 valence electrons. The van der Waals surface area contributed by atoms with E-state index in [9.17, 15) is 17.6 Å². The topological polar surface area (TPSA) is 66.9 Å². The number of hydrogen-bond donors (Lipinski definition) is 0. The maximum absolute atomic E-state index is 13.5. The smallest absolute Gasteiger partial charge is 0.266 e. The van der Waals surface area contributed by atoms with Crippen LogP contribution in [0, 0.1) is 5.82 Å². The first-order valence-corrected chi connectivity index (χ1v) is 11.5. The van der Waals surface area contributed by atoms with Crippen molar-refractivity contribution in [3.63, 3.8) is 0 Å². The minimum absolute atomic E-state index is 0.0195. The van der Waals surface area contributed by atoms with Gasteiger partial charge in [0.15, 0.2) is 0 Å². The number of ether oxygens (including phenoxy) is 1. The van der Waals surface area contributed by atoms with Crippen molar-refractivity contribution >= 4 is 33.2 Å². The predicted octanol–water partition coefficient (Wildman–Crippen LogP) is 4.11. The molecule has 2 aromatic rings. The minimum atomic E-state index is -4.16. The van der Waals surface area contributed by atoms with E-state index in [0.29, 0.717) is 19.8 Å². The molecule has 0 unspecified atom stereocenters. The molecule has 0 radical (unpaired) electrons. The van der Waals surface area contributed by atoms with Crippen LogP contribution >= 0.6 is 11.6 Å². The molecule has 0 N–H and O–H groups in total. The zero-order valence-corrected chi connectivity index (χ0v) is 18.9. The molecule has 1 amide bonds. The van der Waals surface area contributed by atoms with Gasteiger partial charge in [-0.1, -0.05) is 17.7 Å². The van der Waals surface area contributed by atoms with Gasteiger partial charge in [0, 0.05) is 12.1 Å². The Kier molecular flexibility index (Phi) is 6.73. The fourth-order valence-electron chi connectivity index (χ4n) is 3.41. The molecule has 31 heavy (non-hydrogen) atoms. The monoisotopic (exact) mass is 466 g/mol. The zero-order valence-electron chi connectivity index (χ0n) is 17.3. The molecule has 1 saturated heterocycles. The lowest BCUT2D eigenvalue weighted by Crippen LogP contribution is -2.55. The Bertz CT molecular complexity index is 1090. The van der Waals surface area contributed by atoms with Gasteiger partial charge in [0.2, 0.25) is 0 Å². The molecular formula is C22H24ClFN2O4S. The van der Waals surface area contributed by atoms with Crippen LogP contribution in [0.5, 0.6) is 0 Å². The largest absolute Gasteiger partial charge is 0.377 e. The van der Waals surface area contributed by atoms with Gasteiger partial charge >= 0.3 is 0 Å². The summed E-state index contributed by atoms with van der Waals surface area (Å²) >= 11 is 6.25. The lowest BCUT2D eigenvalue weighted by atomic mass is 10.0. The molecule has 0 atom stereocenters. The van der Waals surface area contributed by atoms with Crippen molar-refractivity contribution in [2.75, 3.05) is 30.6 Å². The van der Waals surface area contributed by atoms with Gasteiger partial charge in [-0.05, 0) is 56.3 Å². The Morgan fingerprint density at radius 3 is 2.58 bits per heavy atom. The quantitative estimate of drug-likeness (QED) is 0.601. The van der Waals surface area contributed by atoms with Crippen molar-refractivity contribution in [1.29, 1.82) is 0 Å². The van der Waals surface area contributed by atoms with Crippen molar-refractivity contribution in [3.8, 4) is 0 Å². The van der Waals surface area contributed by atoms with Gasteiger partial charge in [-0.15, -0.1) is 6.58 Å². The van der Waals surface area contributed by atoms with Crippen molar-refractivity contribution < 1.29 is 22.3 Å². The number of carbonyl (C=O) groups excluding carboxylic acids is 1. The van der Waals surface area contributed by atoms with Gasteiger partial charge in [0.1, 0.15) is 10.7 Å². The molecule has 3 rings (SSSR count). The number of nitrogens with zero attached hydrogens (tertiary/aromatic N) is 2. The summed E-state index contributed by atoms with van der Waals surface area (Å²) < 4.78 is 46.8. The van der Waals surface area contributed by atoms with Crippen LogP contribution in [0.25, 0.3) is 0 Å². The summed E-state index contributed by atoms with van der Waals surface area (Å²) in [6, 6.07) is 9.24. The highest BCUT2D eigenvalue weighted by Crippen LogP contribution is 2.31. The van der Waals surface area contributed by atoms with Crippen molar-refractivity contribution in [2.45, 2.75) is 24.3 Å². The number of carbonyl (C=O) groups is 1. The molecule has 0 bridgehead atoms. The second kappa shape index (κ2) is 8.98. The summed E-state index contributed by atoms with van der Waals surface area (Å²) in [6.45, 7) is 8.52. The SMILES string of the molecule is C=CCN(c1ccc(F)cc1)S(=O)(=O)c1cc(C(=O)N2CCOCC2(C)C)ccc1Cl. The van der Waals surface area contributed by atoms with Crippen LogP contribution in [0.15, 0.2) is 60.0 Å². The lowest BCUT2D eigenvalue weighted by molar-refractivity contribution is -0.0370. The first-order valence-electron chi connectivity index (χ1n) is 9.66. The first-order chi connectivity index (χ1) is 14.6. The zero-order chi connectivity index (χ0) is 22.8. The average molecular weight is 467 g/mol. The minimum Gasteiger partial charge on any atom is -0.377 e. The standard InChI is InChI=1S/C22H24ClFN2O4S/c1-4-11-26(18-8-6-17(24)7-9-18)31(28,29)20-14-16(5-10-19(20)23)21(27)25-12-13-30-15-22(25,2)3/h4-10,14H,1,11-13,15H2,2-3H3. The van der Waals surface area contributed by atoms with E-state index < -0.39 is 21.4 Å². The number of hydrogen-bond acceptors (Lipinski definition) is 4. The maximum atomic E-state index is 13.5. The van der Waals surface area contributed by atoms with Gasteiger partial charge in [-0.25, -0.2) is 12.8 Å². The van der Waals surface area contributed by atoms with E-state index in [-0.39, 0.29) is 33.6 Å². The van der Waals surface area contributed by atoms with Crippen LogP contribution in [0.1, 0.15) is 24.2 Å². The summed E-state index contributed by atoms with van der Waals surface area (Å²) in [4.78, 5) is 14.6. The van der Waals surface area contributed by atoms with Gasteiger partial charge in [-0.2, -0.15) is 0 Å². The fourth-order valence-corrected chi connectivity index (χ4v) is 5.35. The van der Waals surface area contributed by atoms with Crippen LogP contribution in [-0.4, -0.2) is 51.1 Å². The van der Waals surface area contributed by atoms with E-state index in [0.717, 1.165) is 4.31 Å². The summed E-state index contributed by atoms with van der Waals surface area (Å²) in [5.41, 5.74) is -0.0733. The molecule has 6 nitrogen and oxygen atoms in total. The van der Waals surface area contributed by atoms with Crippen LogP contribution in [0.2, 0.25) is 5.02 Å². The number of benzene rings is 2. The number of morpholine rings is 1. The van der Waals surface area contributed by atoms with E-state index in [1.54, 1.807) is 4.90 Å². The first kappa shape index (κ1) is 23.2. The Morgan fingerprint density at radius 1 is 1.29 bits per heavy atom. The molecule has 0 aromatic heterocycles. The number of sulfonamides is 1. The molecule has 1 aliphatic rings. The summed E-state index contributed by atoms with van der Waals surface area (Å²) in [7, 11) is -4.16. The van der Waals surface area contributed by atoms with E-state index in [2.05, 4.69) is 6.58 Å². The Labute approximate surface area is 186 Å². The third kappa shape index (κ3) is 4.76. The highest BCUT2D eigenvalue weighted by Gasteiger charge is 2.35. The van der Waals surface area contributed by atoms with E-state index in [1.165, 1.54) is 48.5 Å². The molecular weight excluding hydrogens is 443 g/mol. The van der Waals surface area contributed by atoms with Gasteiger partial charge in [0.25, 0.3) is 15.9 Å². The van der Waals surface area contributed by atoms with E-state index in [4.69, 9.17) is 16.3 Å². The molecule has 1 heterocycles. The molecule has 0 aliphatic carbocycles. The summed E-state index contributed by atoms with van der Waals surface area (Å²) in [5, 5.41) is -0.0195. The number of amides is 1. The lowest BCUT2D eigenvalue weighted by Gasteiger charge is -2.42. The van der Waals surface area contributed by atoms with E-state index in [1.807, 2.05) is 13.8 Å². The molecule has 0 spiro atoms. The number of anilines is 1. The van der Waals surface area contributed by atoms with Crippen molar-refractivity contribution in [3.05, 3.63) is 71.5 Å². The Morgan fingerprint density at radius 2 is 1.97 bits per heavy atom. The van der Waals surface area contributed by atoms with E-state index >= 15 is 0 Å². The van der Waals surface area contributed by atoms with Crippen LogP contribution in [-0.2, 0) is 14.8 Å². The van der Waals surface area contributed by atoms with Crippen molar-refractivity contribution in [1.82, 2.24) is 4.90 Å². The van der Waals surface area contributed by atoms with Crippen LogP contribution in [0.3, 0.4) is 0 Å². The molecule has 1 fully saturated rings.